The highest BCUT2D eigenvalue weighted by Crippen LogP contribution is 2.31. The molecule has 3 amide bonds. The van der Waals surface area contributed by atoms with Gasteiger partial charge in [-0.2, -0.15) is 5.10 Å². The molecule has 28 heavy (non-hydrogen) atoms. The Kier molecular flexibility index (Phi) is 4.68. The number of H-pyrrole nitrogens is 1. The fourth-order valence-electron chi connectivity index (χ4n) is 3.28. The first-order chi connectivity index (χ1) is 13.4. The summed E-state index contributed by atoms with van der Waals surface area (Å²) in [6, 6.07) is 8.55. The fourth-order valence-corrected chi connectivity index (χ4v) is 3.68. The number of urea groups is 1. The Morgan fingerprint density at radius 1 is 1.25 bits per heavy atom. The van der Waals surface area contributed by atoms with Gasteiger partial charge in [-0.15, -0.1) is 0 Å². The standard InChI is InChI=1S/C19H15BrFN5O2/c1-9-16(18(27)24-12-3-5-15-11(6-12)8-22-26-15)17(25-19(28)23-9)10-2-4-14(21)13(20)7-10/h2-8,16-17H,1H3,(H,22,26)(H,24,27)(H,25,28). The molecule has 0 saturated carbocycles. The molecule has 3 N–H and O–H groups in total. The molecular formula is C19H15BrFN5O2. The quantitative estimate of drug-likeness (QED) is 0.571. The number of hydrogen-bond donors (Lipinski definition) is 3. The summed E-state index contributed by atoms with van der Waals surface area (Å²) in [7, 11) is 0. The van der Waals surface area contributed by atoms with Crippen LogP contribution < -0.4 is 10.6 Å². The van der Waals surface area contributed by atoms with Crippen molar-refractivity contribution in [2.24, 2.45) is 10.9 Å². The number of carbonyl (C=O) groups is 2. The number of rotatable bonds is 3. The van der Waals surface area contributed by atoms with Crippen molar-refractivity contribution in [2.75, 3.05) is 5.32 Å². The number of carbonyl (C=O) groups excluding carboxylic acids is 2. The molecule has 1 aliphatic heterocycles. The molecule has 2 unspecified atom stereocenters. The van der Waals surface area contributed by atoms with Crippen molar-refractivity contribution in [1.82, 2.24) is 15.5 Å². The predicted molar refractivity (Wildman–Crippen MR) is 107 cm³/mol. The first-order valence-corrected chi connectivity index (χ1v) is 9.26. The van der Waals surface area contributed by atoms with E-state index >= 15 is 0 Å². The lowest BCUT2D eigenvalue weighted by Gasteiger charge is -2.30. The van der Waals surface area contributed by atoms with Crippen LogP contribution in [0, 0.1) is 11.7 Å². The van der Waals surface area contributed by atoms with Gasteiger partial charge in [-0.1, -0.05) is 6.07 Å². The number of hydrogen-bond acceptors (Lipinski definition) is 3. The number of fused-ring (bicyclic) bond motifs is 1. The van der Waals surface area contributed by atoms with Gasteiger partial charge in [0.2, 0.25) is 5.91 Å². The molecule has 0 fully saturated rings. The second kappa shape index (κ2) is 7.16. The Labute approximate surface area is 167 Å². The van der Waals surface area contributed by atoms with E-state index < -0.39 is 23.8 Å². The van der Waals surface area contributed by atoms with Crippen LogP contribution in [-0.2, 0) is 4.79 Å². The van der Waals surface area contributed by atoms with Crippen molar-refractivity contribution in [3.8, 4) is 0 Å². The van der Waals surface area contributed by atoms with Crippen LogP contribution in [0.25, 0.3) is 10.9 Å². The van der Waals surface area contributed by atoms with Gasteiger partial charge >= 0.3 is 6.03 Å². The highest BCUT2D eigenvalue weighted by molar-refractivity contribution is 9.10. The fraction of sp³-hybridized carbons (Fsp3) is 0.158. The highest BCUT2D eigenvalue weighted by Gasteiger charge is 2.37. The van der Waals surface area contributed by atoms with Crippen LogP contribution in [0.2, 0.25) is 0 Å². The van der Waals surface area contributed by atoms with Crippen LogP contribution in [0.15, 0.2) is 52.1 Å². The Bertz CT molecular complexity index is 1130. The van der Waals surface area contributed by atoms with Crippen LogP contribution in [-0.4, -0.2) is 27.8 Å². The molecule has 1 aliphatic rings. The van der Waals surface area contributed by atoms with E-state index in [0.717, 1.165) is 10.9 Å². The van der Waals surface area contributed by atoms with E-state index in [1.165, 1.54) is 6.07 Å². The van der Waals surface area contributed by atoms with E-state index in [2.05, 4.69) is 41.8 Å². The lowest BCUT2D eigenvalue weighted by atomic mass is 9.87. The Morgan fingerprint density at radius 3 is 2.86 bits per heavy atom. The second-order valence-electron chi connectivity index (χ2n) is 6.49. The summed E-state index contributed by atoms with van der Waals surface area (Å²) in [6.45, 7) is 1.63. The summed E-state index contributed by atoms with van der Waals surface area (Å²) in [6.07, 6.45) is 1.66. The molecule has 4 rings (SSSR count). The molecule has 9 heteroatoms. The van der Waals surface area contributed by atoms with E-state index in [1.807, 2.05) is 6.07 Å². The van der Waals surface area contributed by atoms with E-state index in [-0.39, 0.29) is 10.4 Å². The Balaban J connectivity index is 1.66. The third-order valence-electron chi connectivity index (χ3n) is 4.63. The minimum Gasteiger partial charge on any atom is -0.328 e. The number of halogens is 2. The van der Waals surface area contributed by atoms with Gasteiger partial charge in [-0.3, -0.25) is 9.89 Å². The van der Waals surface area contributed by atoms with E-state index in [9.17, 15) is 14.0 Å². The lowest BCUT2D eigenvalue weighted by molar-refractivity contribution is -0.118. The van der Waals surface area contributed by atoms with Gasteiger partial charge in [0.05, 0.1) is 22.2 Å². The topological polar surface area (TPSA) is 99.2 Å². The van der Waals surface area contributed by atoms with Gasteiger partial charge in [-0.25, -0.2) is 14.2 Å². The summed E-state index contributed by atoms with van der Waals surface area (Å²) in [5.41, 5.74) is 2.44. The molecule has 0 spiro atoms. The largest absolute Gasteiger partial charge is 0.341 e. The van der Waals surface area contributed by atoms with Crippen LogP contribution in [0.1, 0.15) is 18.5 Å². The minimum absolute atomic E-state index is 0.254. The zero-order valence-corrected chi connectivity index (χ0v) is 16.2. The molecule has 0 radical (unpaired) electrons. The third kappa shape index (κ3) is 3.40. The molecule has 7 nitrogen and oxygen atoms in total. The summed E-state index contributed by atoms with van der Waals surface area (Å²) in [5.74, 6) is -1.49. The van der Waals surface area contributed by atoms with Gasteiger partial charge < -0.3 is 10.6 Å². The average molecular weight is 444 g/mol. The molecule has 1 aromatic heterocycles. The highest BCUT2D eigenvalue weighted by atomic mass is 79.9. The summed E-state index contributed by atoms with van der Waals surface area (Å²) in [4.78, 5) is 28.9. The van der Waals surface area contributed by atoms with E-state index in [0.29, 0.717) is 17.0 Å². The van der Waals surface area contributed by atoms with Crippen molar-refractivity contribution >= 4 is 50.2 Å². The van der Waals surface area contributed by atoms with Gasteiger partial charge in [0, 0.05) is 16.8 Å². The Morgan fingerprint density at radius 2 is 2.07 bits per heavy atom. The van der Waals surface area contributed by atoms with Gasteiger partial charge in [0.1, 0.15) is 11.7 Å². The normalized spacial score (nSPS) is 19.2. The van der Waals surface area contributed by atoms with Crippen molar-refractivity contribution in [3.63, 3.8) is 0 Å². The predicted octanol–water partition coefficient (Wildman–Crippen LogP) is 3.94. The number of aromatic nitrogens is 2. The Hall–Kier alpha value is -3.07. The number of nitrogens with one attached hydrogen (secondary N) is 3. The van der Waals surface area contributed by atoms with E-state index in [4.69, 9.17) is 0 Å². The number of aromatic amines is 1. The molecule has 2 atom stereocenters. The molecule has 2 heterocycles. The zero-order valence-electron chi connectivity index (χ0n) is 14.7. The molecule has 3 aromatic rings. The average Bonchev–Trinajstić information content (AvgIpc) is 3.11. The number of benzene rings is 2. The first-order valence-electron chi connectivity index (χ1n) is 8.47. The summed E-state index contributed by atoms with van der Waals surface area (Å²) in [5, 5.41) is 13.2. The molecule has 2 aromatic carbocycles. The molecule has 0 saturated heterocycles. The molecule has 0 bridgehead atoms. The third-order valence-corrected chi connectivity index (χ3v) is 5.24. The first kappa shape index (κ1) is 18.3. The van der Waals surface area contributed by atoms with Crippen LogP contribution in [0.5, 0.6) is 0 Å². The van der Waals surface area contributed by atoms with Crippen LogP contribution >= 0.6 is 15.9 Å². The monoisotopic (exact) mass is 443 g/mol. The zero-order chi connectivity index (χ0) is 19.8. The van der Waals surface area contributed by atoms with Crippen LogP contribution in [0.3, 0.4) is 0 Å². The van der Waals surface area contributed by atoms with Gasteiger partial charge in [0.25, 0.3) is 0 Å². The van der Waals surface area contributed by atoms with Crippen molar-refractivity contribution in [2.45, 2.75) is 13.0 Å². The SMILES string of the molecule is CC1=NC(=O)NC(c2ccc(F)c(Br)c2)C1C(=O)Nc1ccc2[nH]ncc2c1. The van der Waals surface area contributed by atoms with Crippen LogP contribution in [0.4, 0.5) is 14.9 Å². The minimum atomic E-state index is -0.741. The maximum absolute atomic E-state index is 13.6. The van der Waals surface area contributed by atoms with E-state index in [1.54, 1.807) is 37.4 Å². The number of aliphatic imine (C=N–C) groups is 1. The summed E-state index contributed by atoms with van der Waals surface area (Å²) < 4.78 is 13.9. The number of amides is 3. The van der Waals surface area contributed by atoms with Gasteiger partial charge in [0.15, 0.2) is 0 Å². The second-order valence-corrected chi connectivity index (χ2v) is 7.35. The molecule has 0 aliphatic carbocycles. The molecular weight excluding hydrogens is 429 g/mol. The summed E-state index contributed by atoms with van der Waals surface area (Å²) >= 11 is 3.15. The smallest absolute Gasteiger partial charge is 0.328 e. The maximum atomic E-state index is 13.6. The molecule has 142 valence electrons. The lowest BCUT2D eigenvalue weighted by Crippen LogP contribution is -2.45. The van der Waals surface area contributed by atoms with Gasteiger partial charge in [-0.05, 0) is 58.7 Å². The van der Waals surface area contributed by atoms with Crippen molar-refractivity contribution < 1.29 is 14.0 Å². The van der Waals surface area contributed by atoms with Crippen molar-refractivity contribution in [3.05, 3.63) is 58.4 Å². The number of nitrogens with zero attached hydrogens (tertiary/aromatic N) is 2. The number of anilines is 1. The maximum Gasteiger partial charge on any atom is 0.341 e. The van der Waals surface area contributed by atoms with Crippen molar-refractivity contribution in [1.29, 1.82) is 0 Å².